The Bertz CT molecular complexity index is 479. The third-order valence-electron chi connectivity index (χ3n) is 4.93. The first kappa shape index (κ1) is 16.5. The Morgan fingerprint density at radius 1 is 1.09 bits per heavy atom. The second-order valence-corrected chi connectivity index (χ2v) is 6.99. The maximum atomic E-state index is 11.9. The summed E-state index contributed by atoms with van der Waals surface area (Å²) in [7, 11) is 0. The molecule has 126 valence electrons. The van der Waals surface area contributed by atoms with Crippen molar-refractivity contribution in [1.82, 2.24) is 15.5 Å². The molecule has 0 unspecified atom stereocenters. The van der Waals surface area contributed by atoms with Gasteiger partial charge in [-0.1, -0.05) is 30.3 Å². The van der Waals surface area contributed by atoms with Crippen LogP contribution in [0.4, 0.5) is 0 Å². The highest BCUT2D eigenvalue weighted by Crippen LogP contribution is 2.27. The van der Waals surface area contributed by atoms with E-state index >= 15 is 0 Å². The zero-order valence-corrected chi connectivity index (χ0v) is 14.0. The van der Waals surface area contributed by atoms with Crippen molar-refractivity contribution in [3.8, 4) is 0 Å². The molecule has 4 heteroatoms. The zero-order valence-electron chi connectivity index (χ0n) is 14.0. The van der Waals surface area contributed by atoms with Gasteiger partial charge in [0.15, 0.2) is 0 Å². The fraction of sp³-hybridized carbons (Fsp3) is 0.632. The Labute approximate surface area is 139 Å². The average Bonchev–Trinajstić information content (AvgIpc) is 3.39. The van der Waals surface area contributed by atoms with E-state index < -0.39 is 0 Å². The van der Waals surface area contributed by atoms with Gasteiger partial charge < -0.3 is 15.5 Å². The van der Waals surface area contributed by atoms with Crippen LogP contribution in [-0.4, -0.2) is 49.6 Å². The highest BCUT2D eigenvalue weighted by atomic mass is 16.1. The zero-order chi connectivity index (χ0) is 15.9. The van der Waals surface area contributed by atoms with Crippen molar-refractivity contribution in [2.45, 2.75) is 38.1 Å². The van der Waals surface area contributed by atoms with Crippen molar-refractivity contribution < 1.29 is 4.79 Å². The van der Waals surface area contributed by atoms with Crippen molar-refractivity contribution in [2.75, 3.05) is 32.7 Å². The van der Waals surface area contributed by atoms with Crippen molar-refractivity contribution in [3.05, 3.63) is 35.9 Å². The number of hydrogen-bond donors (Lipinski definition) is 2. The molecule has 0 spiro atoms. The van der Waals surface area contributed by atoms with E-state index in [4.69, 9.17) is 0 Å². The van der Waals surface area contributed by atoms with Crippen LogP contribution < -0.4 is 10.6 Å². The molecule has 3 rings (SSSR count). The van der Waals surface area contributed by atoms with Gasteiger partial charge in [0.05, 0.1) is 6.54 Å². The lowest BCUT2D eigenvalue weighted by molar-refractivity contribution is -0.121. The highest BCUT2D eigenvalue weighted by molar-refractivity contribution is 5.78. The molecular weight excluding hydrogens is 286 g/mol. The molecule has 1 heterocycles. The Morgan fingerprint density at radius 3 is 2.52 bits per heavy atom. The first-order chi connectivity index (χ1) is 11.3. The first-order valence-corrected chi connectivity index (χ1v) is 9.06. The number of nitrogens with zero attached hydrogens (tertiary/aromatic N) is 1. The molecule has 2 N–H and O–H groups in total. The molecule has 2 aliphatic rings. The summed E-state index contributed by atoms with van der Waals surface area (Å²) in [6.07, 6.45) is 5.92. The maximum absolute atomic E-state index is 11.9. The van der Waals surface area contributed by atoms with Crippen LogP contribution in [0.2, 0.25) is 0 Å². The minimum atomic E-state index is 0.161. The predicted molar refractivity (Wildman–Crippen MR) is 93.3 cm³/mol. The fourth-order valence-corrected chi connectivity index (χ4v) is 3.22. The van der Waals surface area contributed by atoms with Gasteiger partial charge in [-0.15, -0.1) is 0 Å². The molecule has 4 nitrogen and oxygen atoms in total. The van der Waals surface area contributed by atoms with E-state index in [1.165, 1.54) is 18.4 Å². The highest BCUT2D eigenvalue weighted by Gasteiger charge is 2.22. The van der Waals surface area contributed by atoms with E-state index in [9.17, 15) is 4.79 Å². The third-order valence-corrected chi connectivity index (χ3v) is 4.93. The molecule has 23 heavy (non-hydrogen) atoms. The fourth-order valence-electron chi connectivity index (χ4n) is 3.22. The molecule has 1 aromatic carbocycles. The lowest BCUT2D eigenvalue weighted by Gasteiger charge is -2.32. The summed E-state index contributed by atoms with van der Waals surface area (Å²) in [5, 5.41) is 6.44. The summed E-state index contributed by atoms with van der Waals surface area (Å²) in [4.78, 5) is 14.4. The normalized spacial score (nSPS) is 19.7. The third kappa shape index (κ3) is 5.96. The van der Waals surface area contributed by atoms with Crippen molar-refractivity contribution >= 4 is 5.91 Å². The summed E-state index contributed by atoms with van der Waals surface area (Å²) in [6, 6.07) is 11.0. The van der Waals surface area contributed by atoms with E-state index in [1.807, 2.05) is 0 Å². The van der Waals surface area contributed by atoms with Gasteiger partial charge in [-0.05, 0) is 50.1 Å². The largest absolute Gasteiger partial charge is 0.352 e. The van der Waals surface area contributed by atoms with Crippen LogP contribution in [-0.2, 0) is 11.2 Å². The number of amides is 1. The second-order valence-electron chi connectivity index (χ2n) is 6.99. The van der Waals surface area contributed by atoms with Gasteiger partial charge in [0.1, 0.15) is 0 Å². The quantitative estimate of drug-likeness (QED) is 0.769. The predicted octanol–water partition coefficient (Wildman–Crippen LogP) is 1.81. The van der Waals surface area contributed by atoms with Gasteiger partial charge in [0.25, 0.3) is 0 Å². The van der Waals surface area contributed by atoms with Crippen molar-refractivity contribution in [2.24, 2.45) is 5.92 Å². The molecule has 1 aliphatic carbocycles. The molecular formula is C19H29N3O. The number of hydrogen-bond acceptors (Lipinski definition) is 3. The summed E-state index contributed by atoms with van der Waals surface area (Å²) in [5.74, 6) is 0.990. The number of piperidine rings is 1. The Balaban J connectivity index is 1.28. The number of likely N-dealkylation sites (tertiary alicyclic amines) is 1. The van der Waals surface area contributed by atoms with Crippen LogP contribution in [0.25, 0.3) is 0 Å². The Morgan fingerprint density at radius 2 is 1.83 bits per heavy atom. The molecule has 0 atom stereocenters. The monoisotopic (exact) mass is 315 g/mol. The summed E-state index contributed by atoms with van der Waals surface area (Å²) in [5.41, 5.74) is 1.41. The van der Waals surface area contributed by atoms with Gasteiger partial charge >= 0.3 is 0 Å². The number of carbonyl (C=O) groups excluding carboxylic acids is 1. The number of nitrogens with one attached hydrogen (secondary N) is 2. The maximum Gasteiger partial charge on any atom is 0.234 e. The average molecular weight is 315 g/mol. The van der Waals surface area contributed by atoms with Gasteiger partial charge in [-0.25, -0.2) is 0 Å². The Hall–Kier alpha value is -1.39. The van der Waals surface area contributed by atoms with Crippen LogP contribution >= 0.6 is 0 Å². The summed E-state index contributed by atoms with van der Waals surface area (Å²) < 4.78 is 0. The van der Waals surface area contributed by atoms with Gasteiger partial charge in [-0.2, -0.15) is 0 Å². The van der Waals surface area contributed by atoms with Crippen molar-refractivity contribution in [3.63, 3.8) is 0 Å². The Kier molecular flexibility index (Phi) is 6.06. The molecule has 1 saturated carbocycles. The molecule has 0 radical (unpaired) electrons. The number of benzene rings is 1. The van der Waals surface area contributed by atoms with E-state index in [1.54, 1.807) is 0 Å². The SMILES string of the molecule is O=C(CNCC1CC1)NC1CCN(CCc2ccccc2)CC1. The standard InChI is InChI=1S/C19H29N3O/c23-19(15-20-14-17-6-7-17)21-18-9-12-22(13-10-18)11-8-16-4-2-1-3-5-16/h1-5,17-18,20H,6-15H2,(H,21,23). The van der Waals surface area contributed by atoms with E-state index in [0.29, 0.717) is 12.6 Å². The molecule has 1 amide bonds. The lowest BCUT2D eigenvalue weighted by atomic mass is 10.0. The van der Waals surface area contributed by atoms with E-state index in [2.05, 4.69) is 45.9 Å². The first-order valence-electron chi connectivity index (χ1n) is 9.06. The van der Waals surface area contributed by atoms with Crippen LogP contribution in [0.1, 0.15) is 31.2 Å². The minimum absolute atomic E-state index is 0.161. The van der Waals surface area contributed by atoms with Crippen LogP contribution in [0.3, 0.4) is 0 Å². The molecule has 0 bridgehead atoms. The van der Waals surface area contributed by atoms with E-state index in [-0.39, 0.29) is 5.91 Å². The lowest BCUT2D eigenvalue weighted by Crippen LogP contribution is -2.47. The summed E-state index contributed by atoms with van der Waals surface area (Å²) in [6.45, 7) is 4.78. The van der Waals surface area contributed by atoms with Crippen LogP contribution in [0.15, 0.2) is 30.3 Å². The second kappa shape index (κ2) is 8.46. The van der Waals surface area contributed by atoms with Crippen LogP contribution in [0, 0.1) is 5.92 Å². The van der Waals surface area contributed by atoms with Crippen LogP contribution in [0.5, 0.6) is 0 Å². The topological polar surface area (TPSA) is 44.4 Å². The minimum Gasteiger partial charge on any atom is -0.352 e. The van der Waals surface area contributed by atoms with Gasteiger partial charge in [-0.3, -0.25) is 4.79 Å². The molecule has 1 aliphatic heterocycles. The van der Waals surface area contributed by atoms with Crippen molar-refractivity contribution in [1.29, 1.82) is 0 Å². The number of carbonyl (C=O) groups is 1. The molecule has 1 saturated heterocycles. The van der Waals surface area contributed by atoms with Gasteiger partial charge in [0.2, 0.25) is 5.91 Å². The van der Waals surface area contributed by atoms with E-state index in [0.717, 1.165) is 51.4 Å². The molecule has 1 aromatic rings. The molecule has 0 aromatic heterocycles. The smallest absolute Gasteiger partial charge is 0.234 e. The van der Waals surface area contributed by atoms with Gasteiger partial charge in [0, 0.05) is 25.7 Å². The number of rotatable bonds is 8. The molecule has 2 fully saturated rings. The summed E-state index contributed by atoms with van der Waals surface area (Å²) >= 11 is 0.